The molecule has 1 fully saturated rings. The highest BCUT2D eigenvalue weighted by Crippen LogP contribution is 2.38. The molecule has 0 saturated carbocycles. The third-order valence-corrected chi connectivity index (χ3v) is 3.22. The standard InChI is InChI=1S/C7H8N2O3S/c10-7(11)6-8-5(9-12-6)4-2-1-3-13-4/h4H,1-3H2,(H,10,11). The summed E-state index contributed by atoms with van der Waals surface area (Å²) in [5.74, 6) is 0.117. The lowest BCUT2D eigenvalue weighted by molar-refractivity contribution is 0.0643. The summed E-state index contributed by atoms with van der Waals surface area (Å²) in [5.41, 5.74) is 0. The van der Waals surface area contributed by atoms with Gasteiger partial charge < -0.3 is 9.63 Å². The minimum Gasteiger partial charge on any atom is -0.474 e. The van der Waals surface area contributed by atoms with Crippen LogP contribution in [-0.2, 0) is 0 Å². The first-order chi connectivity index (χ1) is 6.27. The second-order valence-corrected chi connectivity index (χ2v) is 4.08. The Hall–Kier alpha value is -1.04. The van der Waals surface area contributed by atoms with Crippen LogP contribution in [0, 0.1) is 0 Å². The topological polar surface area (TPSA) is 76.2 Å². The van der Waals surface area contributed by atoms with Crippen molar-refractivity contribution >= 4 is 17.7 Å². The highest BCUT2D eigenvalue weighted by Gasteiger charge is 2.24. The number of carbonyl (C=O) groups is 1. The molecular weight excluding hydrogens is 192 g/mol. The number of thioether (sulfide) groups is 1. The lowest BCUT2D eigenvalue weighted by Gasteiger charge is -1.98. The Balaban J connectivity index is 2.16. The molecule has 0 radical (unpaired) electrons. The van der Waals surface area contributed by atoms with Crippen molar-refractivity contribution in [3.8, 4) is 0 Å². The van der Waals surface area contributed by atoms with Gasteiger partial charge in [0.25, 0.3) is 0 Å². The van der Waals surface area contributed by atoms with Crippen molar-refractivity contribution in [1.29, 1.82) is 0 Å². The monoisotopic (exact) mass is 200 g/mol. The highest BCUT2D eigenvalue weighted by molar-refractivity contribution is 7.99. The van der Waals surface area contributed by atoms with Crippen LogP contribution >= 0.6 is 11.8 Å². The van der Waals surface area contributed by atoms with Crippen LogP contribution in [0.3, 0.4) is 0 Å². The van der Waals surface area contributed by atoms with E-state index in [1.165, 1.54) is 0 Å². The van der Waals surface area contributed by atoms with E-state index < -0.39 is 5.97 Å². The molecule has 0 spiro atoms. The van der Waals surface area contributed by atoms with Crippen LogP contribution in [0.15, 0.2) is 4.52 Å². The van der Waals surface area contributed by atoms with Crippen molar-refractivity contribution in [1.82, 2.24) is 10.1 Å². The number of hydrogen-bond donors (Lipinski definition) is 1. The van der Waals surface area contributed by atoms with Crippen molar-refractivity contribution in [3.05, 3.63) is 11.7 Å². The summed E-state index contributed by atoms with van der Waals surface area (Å²) in [6, 6.07) is 0. The Labute approximate surface area is 78.5 Å². The summed E-state index contributed by atoms with van der Waals surface area (Å²) in [5, 5.41) is 12.4. The van der Waals surface area contributed by atoms with Gasteiger partial charge in [0.1, 0.15) is 0 Å². The van der Waals surface area contributed by atoms with Crippen molar-refractivity contribution in [2.75, 3.05) is 5.75 Å². The minimum atomic E-state index is -1.17. The summed E-state index contributed by atoms with van der Waals surface area (Å²) in [6.45, 7) is 0. The molecule has 6 heteroatoms. The van der Waals surface area contributed by atoms with Gasteiger partial charge >= 0.3 is 11.9 Å². The first kappa shape index (κ1) is 8.55. The Bertz CT molecular complexity index is 319. The van der Waals surface area contributed by atoms with Gasteiger partial charge in [0.15, 0.2) is 5.82 Å². The number of carboxylic acids is 1. The Morgan fingerprint density at radius 3 is 3.08 bits per heavy atom. The third kappa shape index (κ3) is 1.67. The maximum absolute atomic E-state index is 10.4. The number of aromatic nitrogens is 2. The van der Waals surface area contributed by atoms with E-state index in [0.717, 1.165) is 18.6 Å². The molecule has 0 bridgehead atoms. The second kappa shape index (κ2) is 3.37. The highest BCUT2D eigenvalue weighted by atomic mass is 32.2. The summed E-state index contributed by atoms with van der Waals surface area (Å²) < 4.78 is 4.56. The van der Waals surface area contributed by atoms with Crippen LogP contribution in [-0.4, -0.2) is 27.0 Å². The molecule has 1 aromatic heterocycles. The average Bonchev–Trinajstić information content (AvgIpc) is 2.75. The van der Waals surface area contributed by atoms with Crippen LogP contribution in [0.1, 0.15) is 34.6 Å². The van der Waals surface area contributed by atoms with Crippen molar-refractivity contribution in [3.63, 3.8) is 0 Å². The maximum Gasteiger partial charge on any atom is 0.394 e. The number of rotatable bonds is 2. The molecule has 1 atom stereocenters. The predicted octanol–water partition coefficient (Wildman–Crippen LogP) is 1.34. The van der Waals surface area contributed by atoms with Crippen LogP contribution in [0.25, 0.3) is 0 Å². The second-order valence-electron chi connectivity index (χ2n) is 2.76. The van der Waals surface area contributed by atoms with Gasteiger partial charge in [-0.15, -0.1) is 0 Å². The van der Waals surface area contributed by atoms with Crippen LogP contribution in [0.5, 0.6) is 0 Å². The molecule has 0 amide bonds. The molecule has 1 aliphatic heterocycles. The summed E-state index contributed by atoms with van der Waals surface area (Å²) in [7, 11) is 0. The quantitative estimate of drug-likeness (QED) is 0.776. The predicted molar refractivity (Wildman–Crippen MR) is 45.7 cm³/mol. The first-order valence-electron chi connectivity index (χ1n) is 3.96. The molecule has 1 saturated heterocycles. The molecule has 1 aromatic rings. The molecule has 0 aromatic carbocycles. The van der Waals surface area contributed by atoms with Crippen molar-refractivity contribution < 1.29 is 14.4 Å². The van der Waals surface area contributed by atoms with Gasteiger partial charge in [0.05, 0.1) is 5.25 Å². The molecule has 5 nitrogen and oxygen atoms in total. The third-order valence-electron chi connectivity index (χ3n) is 1.84. The van der Waals surface area contributed by atoms with Gasteiger partial charge in [-0.1, -0.05) is 5.16 Å². The van der Waals surface area contributed by atoms with E-state index in [-0.39, 0.29) is 11.1 Å². The molecule has 1 aliphatic rings. The number of carboxylic acid groups (broad SMARTS) is 1. The van der Waals surface area contributed by atoms with Crippen molar-refractivity contribution in [2.45, 2.75) is 18.1 Å². The van der Waals surface area contributed by atoms with E-state index >= 15 is 0 Å². The SMILES string of the molecule is O=C(O)c1nc(C2CCCS2)no1. The zero-order chi connectivity index (χ0) is 9.26. The fraction of sp³-hybridized carbons (Fsp3) is 0.571. The van der Waals surface area contributed by atoms with Gasteiger partial charge in [-0.3, -0.25) is 0 Å². The Kier molecular flexibility index (Phi) is 2.22. The lowest BCUT2D eigenvalue weighted by Crippen LogP contribution is -1.97. The molecule has 13 heavy (non-hydrogen) atoms. The molecular formula is C7H8N2O3S. The molecule has 70 valence electrons. The zero-order valence-corrected chi connectivity index (χ0v) is 7.58. The largest absolute Gasteiger partial charge is 0.474 e. The fourth-order valence-corrected chi connectivity index (χ4v) is 2.43. The number of nitrogens with zero attached hydrogens (tertiary/aromatic N) is 2. The van der Waals surface area contributed by atoms with E-state index in [9.17, 15) is 4.79 Å². The fourth-order valence-electron chi connectivity index (χ4n) is 1.23. The van der Waals surface area contributed by atoms with Gasteiger partial charge in [-0.25, -0.2) is 4.79 Å². The van der Waals surface area contributed by atoms with Gasteiger partial charge in [0.2, 0.25) is 0 Å². The average molecular weight is 200 g/mol. The summed E-state index contributed by atoms with van der Waals surface area (Å²) >= 11 is 1.74. The van der Waals surface area contributed by atoms with E-state index in [2.05, 4.69) is 14.7 Å². The van der Waals surface area contributed by atoms with Crippen LogP contribution in [0.4, 0.5) is 0 Å². The summed E-state index contributed by atoms with van der Waals surface area (Å²) in [6.07, 6.45) is 2.13. The zero-order valence-electron chi connectivity index (χ0n) is 6.77. The smallest absolute Gasteiger partial charge is 0.394 e. The summed E-state index contributed by atoms with van der Waals surface area (Å²) in [4.78, 5) is 14.2. The van der Waals surface area contributed by atoms with E-state index in [0.29, 0.717) is 5.82 Å². The van der Waals surface area contributed by atoms with Crippen LogP contribution in [0.2, 0.25) is 0 Å². The van der Waals surface area contributed by atoms with E-state index in [1.54, 1.807) is 11.8 Å². The lowest BCUT2D eigenvalue weighted by atomic mass is 10.2. The maximum atomic E-state index is 10.4. The van der Waals surface area contributed by atoms with E-state index in [4.69, 9.17) is 5.11 Å². The molecule has 0 aliphatic carbocycles. The van der Waals surface area contributed by atoms with E-state index in [1.807, 2.05) is 0 Å². The van der Waals surface area contributed by atoms with Gasteiger partial charge in [-0.2, -0.15) is 16.7 Å². The Morgan fingerprint density at radius 2 is 2.54 bits per heavy atom. The van der Waals surface area contributed by atoms with Gasteiger partial charge in [0, 0.05) is 0 Å². The Morgan fingerprint density at radius 1 is 1.69 bits per heavy atom. The molecule has 1 N–H and O–H groups in total. The molecule has 2 heterocycles. The number of aromatic carboxylic acids is 1. The van der Waals surface area contributed by atoms with Gasteiger partial charge in [-0.05, 0) is 18.6 Å². The van der Waals surface area contributed by atoms with Crippen LogP contribution < -0.4 is 0 Å². The molecule has 2 rings (SSSR count). The normalized spacial score (nSPS) is 22.0. The first-order valence-corrected chi connectivity index (χ1v) is 5.01. The molecule has 1 unspecified atom stereocenters. The van der Waals surface area contributed by atoms with Crippen molar-refractivity contribution in [2.24, 2.45) is 0 Å². The number of hydrogen-bond acceptors (Lipinski definition) is 5. The minimum absolute atomic E-state index is 0.219.